The van der Waals surface area contributed by atoms with Gasteiger partial charge in [0.15, 0.2) is 23.2 Å². The molecule has 1 saturated carbocycles. The van der Waals surface area contributed by atoms with Crippen molar-refractivity contribution in [2.24, 2.45) is 0 Å². The van der Waals surface area contributed by atoms with Crippen LogP contribution in [0.3, 0.4) is 0 Å². The molecule has 1 aliphatic heterocycles. The average molecular weight is 599 g/mol. The number of terminal acetylenes is 1. The largest absolute Gasteiger partial charge is 0.465 e. The first kappa shape index (κ1) is 30.6. The van der Waals surface area contributed by atoms with Crippen molar-refractivity contribution in [1.82, 2.24) is 29.7 Å². The van der Waals surface area contributed by atoms with E-state index in [0.717, 1.165) is 12.8 Å². The predicted molar refractivity (Wildman–Crippen MR) is 142 cm³/mol. The molecule has 0 amide bonds. The maximum Gasteiger partial charge on any atom is 0.341 e. The predicted octanol–water partition coefficient (Wildman–Crippen LogP) is 0.0127. The Hall–Kier alpha value is -3.39. The molecule has 0 radical (unpaired) electrons. The summed E-state index contributed by atoms with van der Waals surface area (Å²) in [7, 11) is -4.17. The fourth-order valence-electron chi connectivity index (χ4n) is 4.02. The lowest BCUT2D eigenvalue weighted by Gasteiger charge is -2.24. The van der Waals surface area contributed by atoms with Crippen LogP contribution in [0.2, 0.25) is 0 Å². The molecule has 16 nitrogen and oxygen atoms in total. The van der Waals surface area contributed by atoms with Gasteiger partial charge in [0.05, 0.1) is 26.1 Å². The number of aromatic nitrogens is 4. The van der Waals surface area contributed by atoms with E-state index in [9.17, 15) is 19.3 Å². The molecule has 3 heterocycles. The molecule has 2 unspecified atom stereocenters. The second-order valence-electron chi connectivity index (χ2n) is 9.18. The van der Waals surface area contributed by atoms with Crippen LogP contribution in [-0.4, -0.2) is 93.4 Å². The Kier molecular flexibility index (Phi) is 9.42. The number of esters is 2. The van der Waals surface area contributed by atoms with Gasteiger partial charge in [-0.15, -0.1) is 6.42 Å². The zero-order valence-electron chi connectivity index (χ0n) is 22.4. The van der Waals surface area contributed by atoms with E-state index in [2.05, 4.69) is 30.4 Å². The number of hydrogen-bond donors (Lipinski definition) is 5. The Morgan fingerprint density at radius 2 is 1.90 bits per heavy atom. The summed E-state index contributed by atoms with van der Waals surface area (Å²) in [5, 5.41) is 18.8. The van der Waals surface area contributed by atoms with Gasteiger partial charge in [-0.05, 0) is 26.7 Å². The van der Waals surface area contributed by atoms with E-state index in [1.165, 1.54) is 10.9 Å². The molecule has 0 aromatic carbocycles. The quantitative estimate of drug-likeness (QED) is 0.110. The van der Waals surface area contributed by atoms with Crippen LogP contribution in [0.4, 0.5) is 16.2 Å². The fourth-order valence-corrected chi connectivity index (χ4v) is 5.35. The van der Waals surface area contributed by atoms with E-state index in [-0.39, 0.29) is 30.9 Å². The van der Waals surface area contributed by atoms with Gasteiger partial charge in [-0.25, -0.2) is 19.5 Å². The summed E-state index contributed by atoms with van der Waals surface area (Å²) in [6, 6.07) is 0.209. The van der Waals surface area contributed by atoms with E-state index < -0.39 is 63.4 Å². The highest BCUT2D eigenvalue weighted by atomic mass is 31.2. The molecule has 0 bridgehead atoms. The Labute approximate surface area is 234 Å². The highest BCUT2D eigenvalue weighted by Crippen LogP contribution is 2.45. The van der Waals surface area contributed by atoms with Crippen molar-refractivity contribution in [3.05, 3.63) is 6.33 Å². The number of carbonyl (C=O) groups excluding carboxylic acids is 2. The third-order valence-electron chi connectivity index (χ3n) is 6.17. The van der Waals surface area contributed by atoms with Crippen molar-refractivity contribution in [2.75, 3.05) is 44.0 Å². The van der Waals surface area contributed by atoms with Crippen LogP contribution in [0, 0.1) is 12.3 Å². The molecular formula is C23H32FN8O8P. The highest BCUT2D eigenvalue weighted by molar-refractivity contribution is 7.54. The number of nitrogens with one attached hydrogen (secondary N) is 3. The number of alkyl halides is 1. The second kappa shape index (κ2) is 12.6. The molecule has 4 atom stereocenters. The first-order chi connectivity index (χ1) is 19.5. The van der Waals surface area contributed by atoms with E-state index >= 15 is 4.39 Å². The lowest BCUT2D eigenvalue weighted by molar-refractivity contribution is -0.142. The smallest absolute Gasteiger partial charge is 0.341 e. The Bertz CT molecular complexity index is 1340. The van der Waals surface area contributed by atoms with Gasteiger partial charge in [0.1, 0.15) is 25.3 Å². The van der Waals surface area contributed by atoms with Crippen LogP contribution in [0.15, 0.2) is 6.33 Å². The number of halogens is 1. The maximum absolute atomic E-state index is 16.1. The minimum atomic E-state index is -4.17. The van der Waals surface area contributed by atoms with Gasteiger partial charge >= 0.3 is 19.6 Å². The minimum Gasteiger partial charge on any atom is -0.465 e. The molecule has 6 N–H and O–H groups in total. The molecule has 2 aromatic rings. The molecule has 4 rings (SSSR count). The van der Waals surface area contributed by atoms with Crippen molar-refractivity contribution in [3.63, 3.8) is 0 Å². The van der Waals surface area contributed by atoms with Crippen LogP contribution in [0.5, 0.6) is 0 Å². The molecular weight excluding hydrogens is 566 g/mol. The lowest BCUT2D eigenvalue weighted by atomic mass is 9.97. The minimum absolute atomic E-state index is 0.0771. The highest BCUT2D eigenvalue weighted by Gasteiger charge is 2.58. The number of rotatable bonds is 14. The lowest BCUT2D eigenvalue weighted by Crippen LogP contribution is -2.42. The number of aliphatic hydroxyl groups is 1. The fraction of sp³-hybridized carbons (Fsp3) is 0.609. The Morgan fingerprint density at radius 1 is 1.27 bits per heavy atom. The van der Waals surface area contributed by atoms with E-state index in [0.29, 0.717) is 11.3 Å². The summed E-state index contributed by atoms with van der Waals surface area (Å²) in [6.07, 6.45) is 3.59. The second-order valence-corrected chi connectivity index (χ2v) is 11.2. The van der Waals surface area contributed by atoms with Gasteiger partial charge in [0, 0.05) is 6.04 Å². The van der Waals surface area contributed by atoms with Crippen molar-refractivity contribution in [3.8, 4) is 12.3 Å². The number of nitrogens with two attached hydrogens (primary N) is 1. The standard InChI is InChI=1S/C23H32FN8O8P/c1-4-23(24)18(35)14(11-39-41(36,27-9-15(33)37-5-2)28-10-16(34)38-6-3)40-21(23)32-12-26-17-19(29-13-7-8-13)30-22(25)31-20(17)32/h1,12-14,18,21,35H,5-11H2,2-3H3,(H2,27,28,36)(H3,25,29,30,31)/t14-,18?,21-,23?/m1/s1. The summed E-state index contributed by atoms with van der Waals surface area (Å²) >= 11 is 0. The molecule has 224 valence electrons. The van der Waals surface area contributed by atoms with Crippen LogP contribution in [-0.2, 0) is 32.9 Å². The van der Waals surface area contributed by atoms with Crippen molar-refractivity contribution in [2.45, 2.75) is 56.8 Å². The zero-order valence-corrected chi connectivity index (χ0v) is 23.3. The van der Waals surface area contributed by atoms with E-state index in [1.54, 1.807) is 13.8 Å². The van der Waals surface area contributed by atoms with Gasteiger partial charge in [0.25, 0.3) is 0 Å². The zero-order chi connectivity index (χ0) is 29.8. The van der Waals surface area contributed by atoms with Gasteiger partial charge in [0.2, 0.25) is 11.6 Å². The summed E-state index contributed by atoms with van der Waals surface area (Å²) in [6.45, 7) is 1.56. The first-order valence-corrected chi connectivity index (χ1v) is 14.5. The summed E-state index contributed by atoms with van der Waals surface area (Å²) in [4.78, 5) is 36.2. The third kappa shape index (κ3) is 6.92. The number of hydrogen-bond acceptors (Lipinski definition) is 13. The molecule has 18 heteroatoms. The number of nitrogen functional groups attached to an aromatic ring is 1. The van der Waals surface area contributed by atoms with Crippen LogP contribution in [0.1, 0.15) is 32.9 Å². The molecule has 2 aliphatic rings. The van der Waals surface area contributed by atoms with Crippen molar-refractivity contribution >= 4 is 42.5 Å². The van der Waals surface area contributed by atoms with Crippen molar-refractivity contribution < 1.29 is 42.4 Å². The van der Waals surface area contributed by atoms with Gasteiger partial charge < -0.3 is 34.9 Å². The number of fused-ring (bicyclic) bond motifs is 1. The number of imidazole rings is 1. The molecule has 2 aromatic heterocycles. The topological polar surface area (TPSA) is 214 Å². The monoisotopic (exact) mass is 598 g/mol. The number of nitrogens with zero attached hydrogens (tertiary/aromatic N) is 4. The normalized spacial score (nSPS) is 24.2. The van der Waals surface area contributed by atoms with Gasteiger partial charge in [-0.2, -0.15) is 9.97 Å². The molecule has 1 saturated heterocycles. The summed E-state index contributed by atoms with van der Waals surface area (Å²) < 4.78 is 51.5. The molecule has 0 spiro atoms. The molecule has 1 aliphatic carbocycles. The van der Waals surface area contributed by atoms with Gasteiger partial charge in [-0.3, -0.25) is 18.7 Å². The van der Waals surface area contributed by atoms with E-state index in [1.807, 2.05) is 5.92 Å². The van der Waals surface area contributed by atoms with Crippen LogP contribution >= 0.6 is 7.67 Å². The first-order valence-electron chi connectivity index (χ1n) is 12.9. The maximum atomic E-state index is 16.1. The SMILES string of the molecule is C#CC1(F)C(O)[C@@H](COP(=O)(NCC(=O)OCC)NCC(=O)OCC)O[C@H]1n1cnc2c(NC3CC3)nc(N)nc21. The average Bonchev–Trinajstić information content (AvgIpc) is 3.60. The van der Waals surface area contributed by atoms with Crippen LogP contribution < -0.4 is 21.2 Å². The van der Waals surface area contributed by atoms with E-state index in [4.69, 9.17) is 30.9 Å². The third-order valence-corrected chi connectivity index (χ3v) is 7.83. The summed E-state index contributed by atoms with van der Waals surface area (Å²) in [5.41, 5.74) is 3.47. The van der Waals surface area contributed by atoms with Crippen molar-refractivity contribution in [1.29, 1.82) is 0 Å². The van der Waals surface area contributed by atoms with Gasteiger partial charge in [-0.1, -0.05) is 5.92 Å². The molecule has 41 heavy (non-hydrogen) atoms. The van der Waals surface area contributed by atoms with Crippen LogP contribution in [0.25, 0.3) is 11.2 Å². The summed E-state index contributed by atoms with van der Waals surface area (Å²) in [5.74, 6) is 0.707. The Morgan fingerprint density at radius 3 is 2.46 bits per heavy atom. The Balaban J connectivity index is 1.54. The number of aliphatic hydroxyl groups excluding tert-OH is 1. The number of ether oxygens (including phenoxy) is 3. The number of anilines is 2. The molecule has 2 fully saturated rings. The number of carbonyl (C=O) groups is 2.